The van der Waals surface area contributed by atoms with Gasteiger partial charge in [-0.1, -0.05) is 36.9 Å². The monoisotopic (exact) mass is 506 g/mol. The fraction of sp³-hybridized carbons (Fsp3) is 0.414. The van der Waals surface area contributed by atoms with Crippen LogP contribution in [0.15, 0.2) is 48.8 Å². The molecule has 1 aromatic carbocycles. The average Bonchev–Trinajstić information content (AvgIpc) is 2.88. The number of ether oxygens (including phenoxy) is 1. The Balaban J connectivity index is 1.68. The minimum atomic E-state index is -0.133. The maximum absolute atomic E-state index is 13.1. The molecule has 36 heavy (non-hydrogen) atoms. The number of pyridine rings is 2. The minimum absolute atomic E-state index is 0.133. The molecule has 1 N–H and O–H groups in total. The summed E-state index contributed by atoms with van der Waals surface area (Å²) < 4.78 is 6.02. The molecule has 1 saturated carbocycles. The van der Waals surface area contributed by atoms with Crippen molar-refractivity contribution in [3.8, 4) is 28.1 Å². The van der Waals surface area contributed by atoms with Gasteiger partial charge in [0.1, 0.15) is 11.4 Å². The molecule has 0 saturated heterocycles. The molecular formula is C29H35ClN4O2. The molecule has 0 unspecified atom stereocenters. The first-order valence-electron chi connectivity index (χ1n) is 12.7. The van der Waals surface area contributed by atoms with E-state index in [4.69, 9.17) is 21.3 Å². The molecule has 4 rings (SSSR count). The number of halogens is 1. The Kier molecular flexibility index (Phi) is 8.94. The summed E-state index contributed by atoms with van der Waals surface area (Å²) in [7, 11) is 4.08. The lowest BCUT2D eigenvalue weighted by atomic mass is 9.95. The number of aromatic nitrogens is 2. The van der Waals surface area contributed by atoms with Crippen LogP contribution in [-0.4, -0.2) is 54.1 Å². The first-order valence-corrected chi connectivity index (χ1v) is 13.1. The van der Waals surface area contributed by atoms with Gasteiger partial charge in [0.05, 0.1) is 17.3 Å². The number of carbonyl (C=O) groups excluding carboxylic acids is 1. The van der Waals surface area contributed by atoms with Crippen molar-refractivity contribution in [3.63, 3.8) is 0 Å². The smallest absolute Gasteiger partial charge is 0.270 e. The molecule has 0 radical (unpaired) electrons. The van der Waals surface area contributed by atoms with Crippen LogP contribution in [0.5, 0.6) is 5.75 Å². The number of hydrogen-bond acceptors (Lipinski definition) is 5. The van der Waals surface area contributed by atoms with E-state index >= 15 is 0 Å². The number of amides is 1. The average molecular weight is 507 g/mol. The summed E-state index contributed by atoms with van der Waals surface area (Å²) in [6.07, 6.45) is 10.1. The van der Waals surface area contributed by atoms with Crippen molar-refractivity contribution in [2.24, 2.45) is 0 Å². The second kappa shape index (κ2) is 12.3. The Morgan fingerprint density at radius 3 is 2.67 bits per heavy atom. The van der Waals surface area contributed by atoms with Crippen LogP contribution in [0.1, 0.15) is 54.6 Å². The first-order chi connectivity index (χ1) is 17.4. The van der Waals surface area contributed by atoms with Crippen molar-refractivity contribution in [3.05, 3.63) is 65.1 Å². The van der Waals surface area contributed by atoms with E-state index in [2.05, 4.69) is 15.2 Å². The zero-order valence-corrected chi connectivity index (χ0v) is 22.1. The van der Waals surface area contributed by atoms with Crippen LogP contribution < -0.4 is 10.1 Å². The van der Waals surface area contributed by atoms with E-state index in [-0.39, 0.29) is 11.9 Å². The van der Waals surface area contributed by atoms with Crippen LogP contribution in [0.3, 0.4) is 0 Å². The van der Waals surface area contributed by atoms with Gasteiger partial charge >= 0.3 is 0 Å². The molecule has 2 aromatic heterocycles. The molecule has 0 aliphatic heterocycles. The number of aryl methyl sites for hydroxylation is 1. The Morgan fingerprint density at radius 2 is 1.92 bits per heavy atom. The van der Waals surface area contributed by atoms with Crippen LogP contribution >= 0.6 is 11.6 Å². The summed E-state index contributed by atoms with van der Waals surface area (Å²) in [6.45, 7) is 3.54. The van der Waals surface area contributed by atoms with Gasteiger partial charge in [-0.3, -0.25) is 9.78 Å². The molecule has 0 atom stereocenters. The van der Waals surface area contributed by atoms with Gasteiger partial charge in [-0.05, 0) is 76.2 Å². The highest BCUT2D eigenvalue weighted by Crippen LogP contribution is 2.36. The number of hydrogen-bond donors (Lipinski definition) is 1. The number of nitrogens with zero attached hydrogens (tertiary/aromatic N) is 3. The normalized spacial score (nSPS) is 14.1. The first kappa shape index (κ1) is 26.1. The van der Waals surface area contributed by atoms with Crippen LogP contribution in [0.25, 0.3) is 22.4 Å². The van der Waals surface area contributed by atoms with E-state index in [1.165, 1.54) is 6.42 Å². The van der Waals surface area contributed by atoms with Crippen molar-refractivity contribution in [2.75, 3.05) is 27.2 Å². The molecule has 1 fully saturated rings. The molecule has 6 nitrogen and oxygen atoms in total. The largest absolute Gasteiger partial charge is 0.492 e. The SMILES string of the molecule is Cc1ccncc1-c1ccc(C(=O)NC2CCCCC2)nc1-c1ccc(Cl)c(OCCCN(C)C)c1. The third-order valence-electron chi connectivity index (χ3n) is 6.61. The van der Waals surface area contributed by atoms with Gasteiger partial charge in [-0.25, -0.2) is 4.98 Å². The van der Waals surface area contributed by atoms with Gasteiger partial charge in [0, 0.05) is 41.7 Å². The summed E-state index contributed by atoms with van der Waals surface area (Å²) in [5, 5.41) is 3.73. The maximum Gasteiger partial charge on any atom is 0.270 e. The molecule has 0 spiro atoms. The fourth-order valence-corrected chi connectivity index (χ4v) is 4.77. The third-order valence-corrected chi connectivity index (χ3v) is 6.92. The lowest BCUT2D eigenvalue weighted by Gasteiger charge is -2.22. The Hall–Kier alpha value is -2.96. The Bertz CT molecular complexity index is 1190. The summed E-state index contributed by atoms with van der Waals surface area (Å²) in [6, 6.07) is 11.6. The van der Waals surface area contributed by atoms with Crippen LogP contribution in [0.2, 0.25) is 5.02 Å². The highest BCUT2D eigenvalue weighted by Gasteiger charge is 2.20. The highest BCUT2D eigenvalue weighted by atomic mass is 35.5. The summed E-state index contributed by atoms with van der Waals surface area (Å²) in [5.41, 5.74) is 4.92. The number of carbonyl (C=O) groups is 1. The molecule has 1 amide bonds. The molecule has 1 aliphatic carbocycles. The second-order valence-corrected chi connectivity index (χ2v) is 10.1. The molecular weight excluding hydrogens is 472 g/mol. The van der Waals surface area contributed by atoms with Crippen molar-refractivity contribution in [2.45, 2.75) is 51.5 Å². The van der Waals surface area contributed by atoms with Gasteiger partial charge in [-0.15, -0.1) is 0 Å². The zero-order valence-electron chi connectivity index (χ0n) is 21.4. The fourth-order valence-electron chi connectivity index (χ4n) is 4.60. The predicted molar refractivity (Wildman–Crippen MR) is 146 cm³/mol. The number of benzene rings is 1. The second-order valence-electron chi connectivity index (χ2n) is 9.74. The molecule has 2 heterocycles. The van der Waals surface area contributed by atoms with Crippen molar-refractivity contribution < 1.29 is 9.53 Å². The molecule has 7 heteroatoms. The van der Waals surface area contributed by atoms with E-state index in [0.717, 1.165) is 60.9 Å². The van der Waals surface area contributed by atoms with E-state index in [1.54, 1.807) is 12.3 Å². The van der Waals surface area contributed by atoms with Crippen LogP contribution in [0.4, 0.5) is 0 Å². The zero-order chi connectivity index (χ0) is 25.5. The lowest BCUT2D eigenvalue weighted by Crippen LogP contribution is -2.36. The van der Waals surface area contributed by atoms with E-state index in [1.807, 2.05) is 57.5 Å². The van der Waals surface area contributed by atoms with Crippen molar-refractivity contribution >= 4 is 17.5 Å². The number of nitrogens with one attached hydrogen (secondary N) is 1. The topological polar surface area (TPSA) is 67.3 Å². The van der Waals surface area contributed by atoms with E-state index < -0.39 is 0 Å². The molecule has 0 bridgehead atoms. The third kappa shape index (κ3) is 6.62. The summed E-state index contributed by atoms with van der Waals surface area (Å²) in [4.78, 5) is 24.5. The van der Waals surface area contributed by atoms with Gasteiger partial charge < -0.3 is 15.0 Å². The Labute approximate surface area is 219 Å². The van der Waals surface area contributed by atoms with Gasteiger partial charge in [0.25, 0.3) is 5.91 Å². The standard InChI is InChI=1S/C29H35ClN4O2/c1-20-14-15-31-19-24(20)23-11-13-26(29(35)32-22-8-5-4-6-9-22)33-28(23)21-10-12-25(30)27(18-21)36-17-7-16-34(2)3/h10-15,18-19,22H,4-9,16-17H2,1-3H3,(H,32,35). The highest BCUT2D eigenvalue weighted by molar-refractivity contribution is 6.32. The predicted octanol–water partition coefficient (Wildman–Crippen LogP) is 6.17. The quantitative estimate of drug-likeness (QED) is 0.352. The summed E-state index contributed by atoms with van der Waals surface area (Å²) in [5.74, 6) is 0.479. The number of rotatable bonds is 9. The van der Waals surface area contributed by atoms with Gasteiger partial charge in [0.2, 0.25) is 0 Å². The lowest BCUT2D eigenvalue weighted by molar-refractivity contribution is 0.0923. The van der Waals surface area contributed by atoms with E-state index in [9.17, 15) is 4.79 Å². The van der Waals surface area contributed by atoms with E-state index in [0.29, 0.717) is 28.8 Å². The molecule has 1 aliphatic rings. The van der Waals surface area contributed by atoms with Gasteiger partial charge in [0.15, 0.2) is 0 Å². The Morgan fingerprint density at radius 1 is 1.11 bits per heavy atom. The van der Waals surface area contributed by atoms with Crippen LogP contribution in [0, 0.1) is 6.92 Å². The maximum atomic E-state index is 13.1. The summed E-state index contributed by atoms with van der Waals surface area (Å²) >= 11 is 6.47. The molecule has 3 aromatic rings. The molecule has 190 valence electrons. The van der Waals surface area contributed by atoms with Crippen LogP contribution in [-0.2, 0) is 0 Å². The van der Waals surface area contributed by atoms with Crippen molar-refractivity contribution in [1.82, 2.24) is 20.2 Å². The minimum Gasteiger partial charge on any atom is -0.492 e. The van der Waals surface area contributed by atoms with Gasteiger partial charge in [-0.2, -0.15) is 0 Å². The van der Waals surface area contributed by atoms with Crippen molar-refractivity contribution in [1.29, 1.82) is 0 Å².